The molecule has 1 aliphatic rings. The molecular weight excluding hydrogens is 192 g/mol. The van der Waals surface area contributed by atoms with E-state index in [9.17, 15) is 13.5 Å². The molecule has 13 heavy (non-hydrogen) atoms. The second kappa shape index (κ2) is 4.36. The Morgan fingerprint density at radius 3 is 2.69 bits per heavy atom. The highest BCUT2D eigenvalue weighted by molar-refractivity contribution is 7.89. The summed E-state index contributed by atoms with van der Waals surface area (Å²) in [7, 11) is -3.11. The highest BCUT2D eigenvalue weighted by atomic mass is 32.2. The van der Waals surface area contributed by atoms with Gasteiger partial charge < -0.3 is 10.8 Å². The van der Waals surface area contributed by atoms with Crippen LogP contribution in [-0.2, 0) is 10.0 Å². The van der Waals surface area contributed by atoms with E-state index in [-0.39, 0.29) is 18.8 Å². The summed E-state index contributed by atoms with van der Waals surface area (Å²) in [6.07, 6.45) is 0.849. The molecular formula is C7H16N2O3S. The highest BCUT2D eigenvalue weighted by Gasteiger charge is 2.26. The second-order valence-electron chi connectivity index (χ2n) is 3.27. The van der Waals surface area contributed by atoms with Gasteiger partial charge in [0.05, 0.1) is 11.9 Å². The van der Waals surface area contributed by atoms with Crippen LogP contribution in [0.2, 0.25) is 0 Å². The third kappa shape index (κ3) is 2.91. The van der Waals surface area contributed by atoms with E-state index in [2.05, 4.69) is 0 Å². The largest absolute Gasteiger partial charge is 0.390 e. The lowest BCUT2D eigenvalue weighted by Crippen LogP contribution is -2.44. The van der Waals surface area contributed by atoms with Crippen LogP contribution in [0.1, 0.15) is 12.8 Å². The third-order valence-corrected chi connectivity index (χ3v) is 4.06. The first kappa shape index (κ1) is 10.9. The standard InChI is InChI=1S/C7H16N2O3S/c8-5-7(10)6-9-3-1-2-4-13(9,11)12/h7,10H,1-6,8H2/t7-/m1/s1. The number of nitrogens with two attached hydrogens (primary N) is 1. The first-order chi connectivity index (χ1) is 6.06. The van der Waals surface area contributed by atoms with Crippen LogP contribution in [0.3, 0.4) is 0 Å². The van der Waals surface area contributed by atoms with Gasteiger partial charge in [0.15, 0.2) is 0 Å². The number of hydrogen-bond acceptors (Lipinski definition) is 4. The molecule has 0 aromatic rings. The van der Waals surface area contributed by atoms with E-state index in [1.54, 1.807) is 0 Å². The summed E-state index contributed by atoms with van der Waals surface area (Å²) in [6.45, 7) is 0.754. The Morgan fingerprint density at radius 2 is 2.15 bits per heavy atom. The normalized spacial score (nSPS) is 25.7. The van der Waals surface area contributed by atoms with Gasteiger partial charge in [0.1, 0.15) is 0 Å². The molecule has 0 aromatic heterocycles. The van der Waals surface area contributed by atoms with E-state index in [0.717, 1.165) is 12.8 Å². The number of rotatable bonds is 3. The number of aliphatic hydroxyl groups excluding tert-OH is 1. The monoisotopic (exact) mass is 208 g/mol. The second-order valence-corrected chi connectivity index (χ2v) is 5.36. The fourth-order valence-corrected chi connectivity index (χ4v) is 2.99. The summed E-state index contributed by atoms with van der Waals surface area (Å²) < 4.78 is 24.1. The van der Waals surface area contributed by atoms with E-state index in [0.29, 0.717) is 6.54 Å². The molecule has 0 unspecified atom stereocenters. The summed E-state index contributed by atoms with van der Waals surface area (Å²) in [6, 6.07) is 0. The summed E-state index contributed by atoms with van der Waals surface area (Å²) in [5, 5.41) is 9.21. The van der Waals surface area contributed by atoms with Crippen LogP contribution in [0.25, 0.3) is 0 Å². The molecule has 0 amide bonds. The van der Waals surface area contributed by atoms with Crippen molar-refractivity contribution in [1.82, 2.24) is 4.31 Å². The number of aliphatic hydroxyl groups is 1. The Labute approximate surface area is 78.6 Å². The minimum Gasteiger partial charge on any atom is -0.390 e. The minimum absolute atomic E-state index is 0.103. The SMILES string of the molecule is NC[C@@H](O)CN1CCCCS1(=O)=O. The molecule has 0 spiro atoms. The predicted octanol–water partition coefficient (Wildman–Crippen LogP) is -1.27. The van der Waals surface area contributed by atoms with Gasteiger partial charge in [0.25, 0.3) is 0 Å². The maximum absolute atomic E-state index is 11.4. The van der Waals surface area contributed by atoms with Gasteiger partial charge in [-0.1, -0.05) is 0 Å². The van der Waals surface area contributed by atoms with Crippen LogP contribution >= 0.6 is 0 Å². The summed E-state index contributed by atoms with van der Waals surface area (Å²) >= 11 is 0. The molecule has 1 rings (SSSR count). The lowest BCUT2D eigenvalue weighted by molar-refractivity contribution is 0.150. The number of sulfonamides is 1. The minimum atomic E-state index is -3.11. The van der Waals surface area contributed by atoms with E-state index in [1.165, 1.54) is 4.31 Å². The van der Waals surface area contributed by atoms with Crippen molar-refractivity contribution >= 4 is 10.0 Å². The number of nitrogens with zero attached hydrogens (tertiary/aromatic N) is 1. The number of hydrogen-bond donors (Lipinski definition) is 2. The van der Waals surface area contributed by atoms with Crippen molar-refractivity contribution in [2.45, 2.75) is 18.9 Å². The fourth-order valence-electron chi connectivity index (χ4n) is 1.36. The molecule has 1 aliphatic heterocycles. The van der Waals surface area contributed by atoms with Gasteiger partial charge in [-0.3, -0.25) is 0 Å². The van der Waals surface area contributed by atoms with E-state index >= 15 is 0 Å². The van der Waals surface area contributed by atoms with Gasteiger partial charge in [-0.2, -0.15) is 4.31 Å². The van der Waals surface area contributed by atoms with Gasteiger partial charge >= 0.3 is 0 Å². The van der Waals surface area contributed by atoms with Crippen molar-refractivity contribution in [3.8, 4) is 0 Å². The van der Waals surface area contributed by atoms with Crippen molar-refractivity contribution in [2.75, 3.05) is 25.4 Å². The zero-order chi connectivity index (χ0) is 9.90. The van der Waals surface area contributed by atoms with E-state index in [1.807, 2.05) is 0 Å². The Hall–Kier alpha value is -0.170. The van der Waals surface area contributed by atoms with E-state index in [4.69, 9.17) is 5.73 Å². The van der Waals surface area contributed by atoms with Gasteiger partial charge in [-0.15, -0.1) is 0 Å². The first-order valence-electron chi connectivity index (χ1n) is 4.42. The van der Waals surface area contributed by atoms with Crippen LogP contribution in [0, 0.1) is 0 Å². The highest BCUT2D eigenvalue weighted by Crippen LogP contribution is 2.13. The maximum atomic E-state index is 11.4. The van der Waals surface area contributed by atoms with Crippen molar-refractivity contribution in [3.05, 3.63) is 0 Å². The molecule has 1 fully saturated rings. The topological polar surface area (TPSA) is 83.6 Å². The van der Waals surface area contributed by atoms with Gasteiger partial charge in [-0.25, -0.2) is 8.42 Å². The smallest absolute Gasteiger partial charge is 0.214 e. The average molecular weight is 208 g/mol. The van der Waals surface area contributed by atoms with Crippen LogP contribution in [0.5, 0.6) is 0 Å². The lowest BCUT2D eigenvalue weighted by atomic mass is 10.3. The molecule has 1 atom stereocenters. The Balaban J connectivity index is 2.56. The Morgan fingerprint density at radius 1 is 1.46 bits per heavy atom. The average Bonchev–Trinajstić information content (AvgIpc) is 2.08. The molecule has 0 bridgehead atoms. The summed E-state index contributed by atoms with van der Waals surface area (Å²) in [5.41, 5.74) is 5.21. The molecule has 3 N–H and O–H groups in total. The molecule has 6 heteroatoms. The summed E-state index contributed by atoms with van der Waals surface area (Å²) in [4.78, 5) is 0. The molecule has 0 radical (unpaired) electrons. The number of β-amino-alcohol motifs (C(OH)–C–C–N with tert-alkyl or cyclic N) is 1. The quantitative estimate of drug-likeness (QED) is 0.606. The van der Waals surface area contributed by atoms with Gasteiger partial charge in [0.2, 0.25) is 10.0 Å². The molecule has 78 valence electrons. The predicted molar refractivity (Wildman–Crippen MR) is 49.7 cm³/mol. The zero-order valence-corrected chi connectivity index (χ0v) is 8.33. The Kier molecular flexibility index (Phi) is 3.66. The van der Waals surface area contributed by atoms with Crippen LogP contribution in [0.15, 0.2) is 0 Å². The van der Waals surface area contributed by atoms with Crippen molar-refractivity contribution in [3.63, 3.8) is 0 Å². The Bertz CT molecular complexity index is 252. The maximum Gasteiger partial charge on any atom is 0.214 e. The molecule has 5 nitrogen and oxygen atoms in total. The molecule has 0 saturated carbocycles. The van der Waals surface area contributed by atoms with E-state index < -0.39 is 16.1 Å². The molecule has 0 aromatic carbocycles. The first-order valence-corrected chi connectivity index (χ1v) is 6.03. The molecule has 1 heterocycles. The summed E-state index contributed by atoms with van der Waals surface area (Å²) in [5.74, 6) is 0.199. The van der Waals surface area contributed by atoms with Gasteiger partial charge in [0, 0.05) is 19.6 Å². The van der Waals surface area contributed by atoms with Gasteiger partial charge in [-0.05, 0) is 12.8 Å². The molecule has 1 saturated heterocycles. The van der Waals surface area contributed by atoms with Crippen LogP contribution in [-0.4, -0.2) is 49.3 Å². The fraction of sp³-hybridized carbons (Fsp3) is 1.00. The van der Waals surface area contributed by atoms with Crippen LogP contribution < -0.4 is 5.73 Å². The third-order valence-electron chi connectivity index (χ3n) is 2.14. The lowest BCUT2D eigenvalue weighted by Gasteiger charge is -2.27. The molecule has 0 aliphatic carbocycles. The van der Waals surface area contributed by atoms with Crippen LogP contribution in [0.4, 0.5) is 0 Å². The van der Waals surface area contributed by atoms with Crippen molar-refractivity contribution in [1.29, 1.82) is 0 Å². The van der Waals surface area contributed by atoms with Crippen molar-refractivity contribution < 1.29 is 13.5 Å². The van der Waals surface area contributed by atoms with Crippen molar-refractivity contribution in [2.24, 2.45) is 5.73 Å². The zero-order valence-electron chi connectivity index (χ0n) is 7.52.